The second kappa shape index (κ2) is 4.30. The number of hydrogen-bond acceptors (Lipinski definition) is 2. The zero-order valence-corrected chi connectivity index (χ0v) is 10.3. The number of aliphatic hydroxyl groups is 1. The average molecular weight is 223 g/mol. The fourth-order valence-corrected chi connectivity index (χ4v) is 5.06. The molecule has 4 fully saturated rings. The third kappa shape index (κ3) is 2.02. The van der Waals surface area contributed by atoms with Crippen LogP contribution in [0.5, 0.6) is 0 Å². The van der Waals surface area contributed by atoms with E-state index >= 15 is 0 Å². The third-order valence-corrected chi connectivity index (χ3v) is 5.18. The molecule has 0 radical (unpaired) electrons. The van der Waals surface area contributed by atoms with Crippen molar-refractivity contribution in [3.05, 3.63) is 0 Å². The molecular formula is C14H25NO. The molecule has 4 aliphatic rings. The molecule has 2 N–H and O–H groups in total. The van der Waals surface area contributed by atoms with Gasteiger partial charge in [0.2, 0.25) is 0 Å². The van der Waals surface area contributed by atoms with Crippen LogP contribution in [0, 0.1) is 23.2 Å². The summed E-state index contributed by atoms with van der Waals surface area (Å²) in [6.07, 6.45) is 10.00. The smallest absolute Gasteiger partial charge is 0.0443 e. The summed E-state index contributed by atoms with van der Waals surface area (Å²) in [6.45, 7) is 2.54. The lowest BCUT2D eigenvalue weighted by molar-refractivity contribution is -0.0512. The molecule has 4 saturated carbocycles. The molecule has 0 atom stereocenters. The van der Waals surface area contributed by atoms with Gasteiger partial charge in [-0.15, -0.1) is 0 Å². The molecule has 0 aliphatic heterocycles. The van der Waals surface area contributed by atoms with Gasteiger partial charge in [0, 0.05) is 13.2 Å². The number of rotatable bonds is 5. The molecule has 4 rings (SSSR count). The van der Waals surface area contributed by atoms with E-state index in [1.54, 1.807) is 0 Å². The Hall–Kier alpha value is -0.0800. The highest BCUT2D eigenvalue weighted by atomic mass is 16.3. The van der Waals surface area contributed by atoms with Crippen molar-refractivity contribution in [3.8, 4) is 0 Å². The van der Waals surface area contributed by atoms with Gasteiger partial charge in [0.25, 0.3) is 0 Å². The van der Waals surface area contributed by atoms with E-state index < -0.39 is 0 Å². The summed E-state index contributed by atoms with van der Waals surface area (Å²) in [5.74, 6) is 3.18. The highest BCUT2D eigenvalue weighted by Crippen LogP contribution is 2.59. The molecule has 0 aromatic carbocycles. The van der Waals surface area contributed by atoms with Crippen molar-refractivity contribution in [2.24, 2.45) is 23.2 Å². The first-order valence-electron chi connectivity index (χ1n) is 7.11. The van der Waals surface area contributed by atoms with Gasteiger partial charge in [-0.05, 0) is 74.7 Å². The summed E-state index contributed by atoms with van der Waals surface area (Å²) < 4.78 is 0. The molecule has 2 nitrogen and oxygen atoms in total. The number of hydrogen-bond donors (Lipinski definition) is 2. The summed E-state index contributed by atoms with van der Waals surface area (Å²) in [5.41, 5.74) is 0.657. The van der Waals surface area contributed by atoms with Gasteiger partial charge in [0.1, 0.15) is 0 Å². The number of aliphatic hydroxyl groups excluding tert-OH is 1. The summed E-state index contributed by atoms with van der Waals surface area (Å²) in [7, 11) is 0. The first-order chi connectivity index (χ1) is 7.80. The maximum Gasteiger partial charge on any atom is 0.0443 e. The normalized spacial score (nSPS) is 45.2. The van der Waals surface area contributed by atoms with Crippen molar-refractivity contribution in [1.82, 2.24) is 5.32 Å². The highest BCUT2D eigenvalue weighted by molar-refractivity contribution is 5.02. The molecule has 16 heavy (non-hydrogen) atoms. The van der Waals surface area contributed by atoms with Crippen LogP contribution in [-0.4, -0.2) is 24.8 Å². The van der Waals surface area contributed by atoms with Gasteiger partial charge >= 0.3 is 0 Å². The Morgan fingerprint density at radius 2 is 1.56 bits per heavy atom. The third-order valence-electron chi connectivity index (χ3n) is 5.18. The molecule has 2 heteroatoms. The van der Waals surface area contributed by atoms with Gasteiger partial charge in [-0.2, -0.15) is 0 Å². The molecule has 0 amide bonds. The first kappa shape index (κ1) is 11.0. The van der Waals surface area contributed by atoms with Gasteiger partial charge in [-0.1, -0.05) is 0 Å². The zero-order chi connectivity index (χ0) is 11.0. The molecule has 0 heterocycles. The Morgan fingerprint density at radius 1 is 1.00 bits per heavy atom. The van der Waals surface area contributed by atoms with E-state index in [-0.39, 0.29) is 0 Å². The van der Waals surface area contributed by atoms with Gasteiger partial charge in [0.05, 0.1) is 0 Å². The van der Waals surface area contributed by atoms with Gasteiger partial charge in [-0.25, -0.2) is 0 Å². The minimum atomic E-state index is 0.327. The molecule has 0 aromatic rings. The molecule has 4 aliphatic carbocycles. The van der Waals surface area contributed by atoms with E-state index in [0.29, 0.717) is 12.0 Å². The van der Waals surface area contributed by atoms with Crippen LogP contribution in [-0.2, 0) is 0 Å². The Balaban J connectivity index is 1.56. The minimum Gasteiger partial charge on any atom is -0.396 e. The van der Waals surface area contributed by atoms with Crippen molar-refractivity contribution < 1.29 is 5.11 Å². The predicted octanol–water partition coefficient (Wildman–Crippen LogP) is 2.17. The molecule has 4 bridgehead atoms. The maximum absolute atomic E-state index is 8.79. The van der Waals surface area contributed by atoms with Crippen molar-refractivity contribution in [3.63, 3.8) is 0 Å². The van der Waals surface area contributed by atoms with Crippen molar-refractivity contribution in [2.75, 3.05) is 19.7 Å². The van der Waals surface area contributed by atoms with Crippen LogP contribution < -0.4 is 5.32 Å². The lowest BCUT2D eigenvalue weighted by Crippen LogP contribution is -2.50. The van der Waals surface area contributed by atoms with E-state index in [1.807, 2.05) is 0 Å². The second-order valence-corrected chi connectivity index (χ2v) is 6.67. The van der Waals surface area contributed by atoms with Crippen molar-refractivity contribution >= 4 is 0 Å². The Labute approximate surface area is 98.8 Å². The monoisotopic (exact) mass is 223 g/mol. The Bertz CT molecular complexity index is 216. The van der Waals surface area contributed by atoms with Crippen molar-refractivity contribution in [1.29, 1.82) is 0 Å². The van der Waals surface area contributed by atoms with Gasteiger partial charge < -0.3 is 10.4 Å². The fourth-order valence-electron chi connectivity index (χ4n) is 5.06. The van der Waals surface area contributed by atoms with E-state index in [2.05, 4.69) is 5.32 Å². The molecule has 0 spiro atoms. The van der Waals surface area contributed by atoms with Crippen LogP contribution in [0.3, 0.4) is 0 Å². The molecular weight excluding hydrogens is 198 g/mol. The van der Waals surface area contributed by atoms with E-state index in [9.17, 15) is 0 Å². The SMILES string of the molecule is OCCCNCC12CC3CC(CC(C3)C1)C2. The Kier molecular flexibility index (Phi) is 2.97. The van der Waals surface area contributed by atoms with Gasteiger partial charge in [0.15, 0.2) is 0 Å². The first-order valence-corrected chi connectivity index (χ1v) is 7.11. The minimum absolute atomic E-state index is 0.327. The van der Waals surface area contributed by atoms with Crippen LogP contribution in [0.25, 0.3) is 0 Å². The molecule has 92 valence electrons. The predicted molar refractivity (Wildman–Crippen MR) is 65.2 cm³/mol. The van der Waals surface area contributed by atoms with Crippen LogP contribution in [0.2, 0.25) is 0 Å². The average Bonchev–Trinajstić information content (AvgIpc) is 2.22. The number of nitrogens with one attached hydrogen (secondary N) is 1. The molecule has 0 saturated heterocycles. The van der Waals surface area contributed by atoms with Crippen LogP contribution >= 0.6 is 0 Å². The lowest BCUT2D eigenvalue weighted by Gasteiger charge is -2.57. The fraction of sp³-hybridized carbons (Fsp3) is 1.00. The largest absolute Gasteiger partial charge is 0.396 e. The topological polar surface area (TPSA) is 32.3 Å². The van der Waals surface area contributed by atoms with Crippen LogP contribution in [0.15, 0.2) is 0 Å². The van der Waals surface area contributed by atoms with Crippen LogP contribution in [0.4, 0.5) is 0 Å². The lowest BCUT2D eigenvalue weighted by atomic mass is 9.49. The molecule has 0 unspecified atom stereocenters. The van der Waals surface area contributed by atoms with Crippen molar-refractivity contribution in [2.45, 2.75) is 44.9 Å². The quantitative estimate of drug-likeness (QED) is 0.700. The standard InChI is InChI=1S/C14H25NO/c16-3-1-2-15-10-14-7-11-4-12(8-14)6-13(5-11)9-14/h11-13,15-16H,1-10H2. The molecule has 0 aromatic heterocycles. The van der Waals surface area contributed by atoms with E-state index in [1.165, 1.54) is 45.1 Å². The highest BCUT2D eigenvalue weighted by Gasteiger charge is 2.50. The van der Waals surface area contributed by atoms with E-state index in [0.717, 1.165) is 30.7 Å². The summed E-state index contributed by atoms with van der Waals surface area (Å²) in [4.78, 5) is 0. The second-order valence-electron chi connectivity index (χ2n) is 6.67. The van der Waals surface area contributed by atoms with Crippen LogP contribution in [0.1, 0.15) is 44.9 Å². The Morgan fingerprint density at radius 3 is 2.06 bits per heavy atom. The summed E-state index contributed by atoms with van der Waals surface area (Å²) >= 11 is 0. The zero-order valence-electron chi connectivity index (χ0n) is 10.3. The summed E-state index contributed by atoms with van der Waals surface area (Å²) in [5, 5.41) is 12.4. The van der Waals surface area contributed by atoms with Gasteiger partial charge in [-0.3, -0.25) is 0 Å². The summed E-state index contributed by atoms with van der Waals surface area (Å²) in [6, 6.07) is 0. The maximum atomic E-state index is 8.79. The van der Waals surface area contributed by atoms with E-state index in [4.69, 9.17) is 5.11 Å².